The highest BCUT2D eigenvalue weighted by Gasteiger charge is 2.05. The van der Waals surface area contributed by atoms with Crippen LogP contribution in [-0.4, -0.2) is 11.6 Å². The molecule has 1 aromatic heterocycles. The summed E-state index contributed by atoms with van der Waals surface area (Å²) in [6, 6.07) is 8.27. The van der Waals surface area contributed by atoms with Gasteiger partial charge in [0, 0.05) is 16.6 Å². The predicted octanol–water partition coefficient (Wildman–Crippen LogP) is 6.67. The smallest absolute Gasteiger partial charge is 0.123 e. The molecule has 24 heavy (non-hydrogen) atoms. The summed E-state index contributed by atoms with van der Waals surface area (Å²) < 4.78 is 5.74. The second-order valence-electron chi connectivity index (χ2n) is 6.04. The molecular formula is C21H29NOS. The third kappa shape index (κ3) is 6.48. The number of unbranched alkanes of at least 4 members (excludes halogenated alkanes) is 4. The van der Waals surface area contributed by atoms with Gasteiger partial charge in [0.15, 0.2) is 0 Å². The molecule has 0 fully saturated rings. The molecule has 0 saturated heterocycles. The van der Waals surface area contributed by atoms with E-state index in [0.717, 1.165) is 23.6 Å². The number of rotatable bonds is 11. The van der Waals surface area contributed by atoms with E-state index >= 15 is 0 Å². The fraction of sp³-hybridized carbons (Fsp3) is 0.476. The minimum absolute atomic E-state index is 0.641. The van der Waals surface area contributed by atoms with Gasteiger partial charge in [-0.15, -0.1) is 11.3 Å². The van der Waals surface area contributed by atoms with Crippen LogP contribution in [0.4, 0.5) is 0 Å². The highest BCUT2D eigenvalue weighted by molar-refractivity contribution is 7.15. The standard InChI is InChI=1S/C21H29NOS/c1-3-5-7-8-10-16-23-19-14-12-18(13-15-19)21-22-17-20(24-21)11-9-6-4-2/h8,10,12-15,17H,3-7,9,11,16H2,1-2H3. The van der Waals surface area contributed by atoms with E-state index in [0.29, 0.717) is 6.61 Å². The average Bonchev–Trinajstić information content (AvgIpc) is 3.08. The van der Waals surface area contributed by atoms with Crippen molar-refractivity contribution in [2.24, 2.45) is 0 Å². The molecule has 0 spiro atoms. The Morgan fingerprint density at radius 1 is 1.00 bits per heavy atom. The number of hydrogen-bond acceptors (Lipinski definition) is 3. The first-order valence-corrected chi connectivity index (χ1v) is 9.98. The Kier molecular flexibility index (Phi) is 8.61. The van der Waals surface area contributed by atoms with Crippen molar-refractivity contribution < 1.29 is 4.74 Å². The zero-order chi connectivity index (χ0) is 17.0. The van der Waals surface area contributed by atoms with Gasteiger partial charge in [0.05, 0.1) is 0 Å². The second kappa shape index (κ2) is 11.0. The fourth-order valence-corrected chi connectivity index (χ4v) is 3.41. The van der Waals surface area contributed by atoms with Gasteiger partial charge in [0.2, 0.25) is 0 Å². The Morgan fingerprint density at radius 2 is 1.79 bits per heavy atom. The van der Waals surface area contributed by atoms with Crippen molar-refractivity contribution in [1.82, 2.24) is 4.98 Å². The maximum atomic E-state index is 5.74. The number of allylic oxidation sites excluding steroid dienone is 1. The molecule has 2 nitrogen and oxygen atoms in total. The van der Waals surface area contributed by atoms with Crippen LogP contribution in [0.25, 0.3) is 10.6 Å². The summed E-state index contributed by atoms with van der Waals surface area (Å²) >= 11 is 1.81. The lowest BCUT2D eigenvalue weighted by molar-refractivity contribution is 0.362. The monoisotopic (exact) mass is 343 g/mol. The predicted molar refractivity (Wildman–Crippen MR) is 105 cm³/mol. The van der Waals surface area contributed by atoms with Gasteiger partial charge >= 0.3 is 0 Å². The SMILES string of the molecule is CCCCC=CCOc1ccc(-c2ncc(CCCCC)s2)cc1. The maximum absolute atomic E-state index is 5.74. The van der Waals surface area contributed by atoms with E-state index < -0.39 is 0 Å². The highest BCUT2D eigenvalue weighted by atomic mass is 32.1. The Hall–Kier alpha value is -1.61. The van der Waals surface area contributed by atoms with Crippen LogP contribution in [0.15, 0.2) is 42.6 Å². The van der Waals surface area contributed by atoms with Crippen molar-refractivity contribution in [3.8, 4) is 16.3 Å². The van der Waals surface area contributed by atoms with Crippen LogP contribution in [0.5, 0.6) is 5.75 Å². The van der Waals surface area contributed by atoms with E-state index in [-0.39, 0.29) is 0 Å². The molecule has 0 aliphatic rings. The minimum Gasteiger partial charge on any atom is -0.490 e. The molecule has 130 valence electrons. The first kappa shape index (κ1) is 18.7. The van der Waals surface area contributed by atoms with E-state index in [2.05, 4.69) is 43.1 Å². The molecule has 0 aliphatic heterocycles. The second-order valence-corrected chi connectivity index (χ2v) is 7.15. The van der Waals surface area contributed by atoms with Gasteiger partial charge in [-0.1, -0.05) is 51.7 Å². The molecule has 0 aliphatic carbocycles. The number of thiazole rings is 1. The van der Waals surface area contributed by atoms with Crippen LogP contribution in [0.2, 0.25) is 0 Å². The molecule has 1 heterocycles. The van der Waals surface area contributed by atoms with Gasteiger partial charge in [-0.05, 0) is 43.5 Å². The minimum atomic E-state index is 0.641. The molecule has 2 rings (SSSR count). The molecule has 0 saturated carbocycles. The van der Waals surface area contributed by atoms with Gasteiger partial charge in [-0.25, -0.2) is 4.98 Å². The van der Waals surface area contributed by atoms with Crippen LogP contribution >= 0.6 is 11.3 Å². The van der Waals surface area contributed by atoms with E-state index in [9.17, 15) is 0 Å². The Balaban J connectivity index is 1.82. The molecule has 0 atom stereocenters. The molecule has 0 radical (unpaired) electrons. The average molecular weight is 344 g/mol. The maximum Gasteiger partial charge on any atom is 0.123 e. The summed E-state index contributed by atoms with van der Waals surface area (Å²) in [6.45, 7) is 5.09. The van der Waals surface area contributed by atoms with Crippen LogP contribution in [0.1, 0.15) is 57.2 Å². The molecule has 3 heteroatoms. The topological polar surface area (TPSA) is 22.1 Å². The molecular weight excluding hydrogens is 314 g/mol. The van der Waals surface area contributed by atoms with Crippen molar-refractivity contribution in [2.45, 2.75) is 58.8 Å². The summed E-state index contributed by atoms with van der Waals surface area (Å²) in [7, 11) is 0. The van der Waals surface area contributed by atoms with E-state index in [1.807, 2.05) is 29.7 Å². The van der Waals surface area contributed by atoms with Crippen molar-refractivity contribution in [3.63, 3.8) is 0 Å². The van der Waals surface area contributed by atoms with E-state index in [1.165, 1.54) is 42.5 Å². The van der Waals surface area contributed by atoms with Crippen molar-refractivity contribution >= 4 is 11.3 Å². The molecule has 1 aromatic carbocycles. The third-order valence-corrected chi connectivity index (χ3v) is 5.02. The van der Waals surface area contributed by atoms with Gasteiger partial charge in [0.25, 0.3) is 0 Å². The first-order valence-electron chi connectivity index (χ1n) is 9.16. The van der Waals surface area contributed by atoms with Crippen molar-refractivity contribution in [3.05, 3.63) is 47.5 Å². The van der Waals surface area contributed by atoms with Crippen LogP contribution in [0, 0.1) is 0 Å². The molecule has 0 N–H and O–H groups in total. The highest BCUT2D eigenvalue weighted by Crippen LogP contribution is 2.27. The van der Waals surface area contributed by atoms with Gasteiger partial charge in [0.1, 0.15) is 17.4 Å². The lowest BCUT2D eigenvalue weighted by Gasteiger charge is -2.04. The molecule has 0 bridgehead atoms. The Bertz CT molecular complexity index is 601. The number of hydrogen-bond donors (Lipinski definition) is 0. The number of aryl methyl sites for hydroxylation is 1. The summed E-state index contributed by atoms with van der Waals surface area (Å²) in [4.78, 5) is 5.95. The summed E-state index contributed by atoms with van der Waals surface area (Å²) in [5.41, 5.74) is 1.17. The van der Waals surface area contributed by atoms with Crippen LogP contribution in [0.3, 0.4) is 0 Å². The quantitative estimate of drug-likeness (QED) is 0.336. The fourth-order valence-electron chi connectivity index (χ4n) is 2.45. The van der Waals surface area contributed by atoms with E-state index in [4.69, 9.17) is 4.74 Å². The third-order valence-electron chi connectivity index (χ3n) is 3.92. The van der Waals surface area contributed by atoms with Gasteiger partial charge < -0.3 is 4.74 Å². The van der Waals surface area contributed by atoms with Gasteiger partial charge in [-0.3, -0.25) is 0 Å². The van der Waals surface area contributed by atoms with Crippen molar-refractivity contribution in [2.75, 3.05) is 6.61 Å². The van der Waals surface area contributed by atoms with Crippen LogP contribution < -0.4 is 4.74 Å². The normalized spacial score (nSPS) is 11.2. The summed E-state index contributed by atoms with van der Waals surface area (Å²) in [6.07, 6.45) is 14.9. The number of benzene rings is 1. The molecule has 0 unspecified atom stereocenters. The lowest BCUT2D eigenvalue weighted by atomic mass is 10.2. The summed E-state index contributed by atoms with van der Waals surface area (Å²) in [5.74, 6) is 0.915. The van der Waals surface area contributed by atoms with Crippen molar-refractivity contribution in [1.29, 1.82) is 0 Å². The number of ether oxygens (including phenoxy) is 1. The number of aromatic nitrogens is 1. The lowest BCUT2D eigenvalue weighted by Crippen LogP contribution is -1.92. The Labute approximate surface area is 150 Å². The summed E-state index contributed by atoms with van der Waals surface area (Å²) in [5, 5.41) is 1.10. The van der Waals surface area contributed by atoms with Crippen LogP contribution in [-0.2, 0) is 6.42 Å². The zero-order valence-corrected chi connectivity index (χ0v) is 15.8. The van der Waals surface area contributed by atoms with E-state index in [1.54, 1.807) is 0 Å². The first-order chi connectivity index (χ1) is 11.8. The number of nitrogens with zero attached hydrogens (tertiary/aromatic N) is 1. The van der Waals surface area contributed by atoms with Gasteiger partial charge in [-0.2, -0.15) is 0 Å². The zero-order valence-electron chi connectivity index (χ0n) is 15.0. The largest absolute Gasteiger partial charge is 0.490 e. The molecule has 2 aromatic rings. The Morgan fingerprint density at radius 3 is 2.54 bits per heavy atom. The molecule has 0 amide bonds.